The van der Waals surface area contributed by atoms with E-state index in [-0.39, 0.29) is 4.75 Å². The first kappa shape index (κ1) is 16.4. The summed E-state index contributed by atoms with van der Waals surface area (Å²) in [6.45, 7) is 5.40. The maximum absolute atomic E-state index is 6.14. The predicted molar refractivity (Wildman–Crippen MR) is 93.3 cm³/mol. The van der Waals surface area contributed by atoms with Crippen molar-refractivity contribution in [2.24, 2.45) is 11.1 Å². The van der Waals surface area contributed by atoms with E-state index in [0.29, 0.717) is 5.41 Å². The van der Waals surface area contributed by atoms with Crippen LogP contribution in [0.4, 0.5) is 0 Å². The zero-order chi connectivity index (χ0) is 14.6. The first-order chi connectivity index (χ1) is 9.59. The van der Waals surface area contributed by atoms with E-state index in [2.05, 4.69) is 54.0 Å². The number of thioether (sulfide) groups is 1. The van der Waals surface area contributed by atoms with Gasteiger partial charge in [-0.1, -0.05) is 38.8 Å². The van der Waals surface area contributed by atoms with E-state index in [9.17, 15) is 0 Å². The molecule has 112 valence electrons. The highest BCUT2D eigenvalue weighted by Crippen LogP contribution is 2.61. The van der Waals surface area contributed by atoms with Crippen LogP contribution in [0.5, 0.6) is 0 Å². The minimum Gasteiger partial charge on any atom is -0.329 e. The minimum absolute atomic E-state index is 0.258. The van der Waals surface area contributed by atoms with Crippen molar-refractivity contribution < 1.29 is 0 Å². The average molecular weight is 356 g/mol. The molecule has 3 heteroatoms. The fourth-order valence-corrected chi connectivity index (χ4v) is 6.02. The predicted octanol–water partition coefficient (Wildman–Crippen LogP) is 5.62. The first-order valence-electron chi connectivity index (χ1n) is 7.72. The Balaban J connectivity index is 2.08. The van der Waals surface area contributed by atoms with Crippen molar-refractivity contribution in [2.45, 2.75) is 62.0 Å². The Morgan fingerprint density at radius 1 is 1.15 bits per heavy atom. The number of benzene rings is 1. The first-order valence-corrected chi connectivity index (χ1v) is 9.33. The quantitative estimate of drug-likeness (QED) is 0.686. The zero-order valence-electron chi connectivity index (χ0n) is 12.6. The molecule has 0 unspecified atom stereocenters. The van der Waals surface area contributed by atoms with Gasteiger partial charge in [0.05, 0.1) is 0 Å². The van der Waals surface area contributed by atoms with E-state index in [1.54, 1.807) is 0 Å². The Bertz CT molecular complexity index is 432. The molecule has 0 amide bonds. The van der Waals surface area contributed by atoms with Crippen LogP contribution < -0.4 is 5.73 Å². The van der Waals surface area contributed by atoms with Gasteiger partial charge in [0, 0.05) is 20.7 Å². The highest BCUT2D eigenvalue weighted by atomic mass is 79.9. The summed E-state index contributed by atoms with van der Waals surface area (Å²) in [5.41, 5.74) is 6.71. The van der Waals surface area contributed by atoms with Gasteiger partial charge in [0.15, 0.2) is 0 Å². The Kier molecular flexibility index (Phi) is 5.61. The highest BCUT2D eigenvalue weighted by Gasteiger charge is 2.53. The SMILES string of the molecule is CCCC1(CCC)CC(CN)(Sc2ccccc2Br)C1. The zero-order valence-corrected chi connectivity index (χ0v) is 15.0. The Morgan fingerprint density at radius 2 is 1.75 bits per heavy atom. The molecule has 0 spiro atoms. The molecule has 1 aliphatic rings. The third-order valence-electron chi connectivity index (χ3n) is 4.49. The van der Waals surface area contributed by atoms with E-state index in [0.717, 1.165) is 6.54 Å². The monoisotopic (exact) mass is 355 g/mol. The summed E-state index contributed by atoms with van der Waals surface area (Å²) in [7, 11) is 0. The van der Waals surface area contributed by atoms with E-state index >= 15 is 0 Å². The van der Waals surface area contributed by atoms with Crippen molar-refractivity contribution in [3.63, 3.8) is 0 Å². The summed E-state index contributed by atoms with van der Waals surface area (Å²) in [5.74, 6) is 0. The van der Waals surface area contributed by atoms with Crippen LogP contribution in [0.25, 0.3) is 0 Å². The van der Waals surface area contributed by atoms with Gasteiger partial charge in [0.1, 0.15) is 0 Å². The number of hydrogen-bond acceptors (Lipinski definition) is 2. The molecular weight excluding hydrogens is 330 g/mol. The second-order valence-corrected chi connectivity index (χ2v) is 8.64. The normalized spacial score (nSPS) is 19.6. The lowest BCUT2D eigenvalue weighted by Gasteiger charge is -2.56. The summed E-state index contributed by atoms with van der Waals surface area (Å²) in [5, 5.41) is 0. The van der Waals surface area contributed by atoms with Gasteiger partial charge in [-0.05, 0) is 59.2 Å². The number of hydrogen-bond donors (Lipinski definition) is 1. The Labute approximate surface area is 136 Å². The van der Waals surface area contributed by atoms with Crippen LogP contribution >= 0.6 is 27.7 Å². The number of nitrogens with two attached hydrogens (primary N) is 1. The van der Waals surface area contributed by atoms with Gasteiger partial charge in [-0.2, -0.15) is 0 Å². The topological polar surface area (TPSA) is 26.0 Å². The molecule has 1 fully saturated rings. The summed E-state index contributed by atoms with van der Waals surface area (Å²) < 4.78 is 1.45. The van der Waals surface area contributed by atoms with E-state index in [4.69, 9.17) is 5.73 Å². The molecular formula is C17H26BrNS. The van der Waals surface area contributed by atoms with Crippen molar-refractivity contribution in [1.82, 2.24) is 0 Å². The molecule has 0 saturated heterocycles. The fourth-order valence-electron chi connectivity index (χ4n) is 3.87. The molecule has 20 heavy (non-hydrogen) atoms. The lowest BCUT2D eigenvalue weighted by molar-refractivity contribution is 0.0614. The third kappa shape index (κ3) is 3.42. The summed E-state index contributed by atoms with van der Waals surface area (Å²) in [6, 6.07) is 8.51. The average Bonchev–Trinajstić information content (AvgIpc) is 2.39. The van der Waals surface area contributed by atoms with Gasteiger partial charge in [0.2, 0.25) is 0 Å². The molecule has 1 saturated carbocycles. The van der Waals surface area contributed by atoms with Crippen LogP contribution in [0.2, 0.25) is 0 Å². The fraction of sp³-hybridized carbons (Fsp3) is 0.647. The van der Waals surface area contributed by atoms with Crippen molar-refractivity contribution in [3.8, 4) is 0 Å². The van der Waals surface area contributed by atoms with Gasteiger partial charge in [-0.25, -0.2) is 0 Å². The van der Waals surface area contributed by atoms with Crippen molar-refractivity contribution in [3.05, 3.63) is 28.7 Å². The molecule has 0 atom stereocenters. The van der Waals surface area contributed by atoms with E-state index in [1.165, 1.54) is 47.9 Å². The highest BCUT2D eigenvalue weighted by molar-refractivity contribution is 9.10. The number of halogens is 1. The smallest absolute Gasteiger partial charge is 0.0340 e. The lowest BCUT2D eigenvalue weighted by Crippen LogP contribution is -2.53. The van der Waals surface area contributed by atoms with Crippen LogP contribution in [0, 0.1) is 5.41 Å². The maximum atomic E-state index is 6.14. The molecule has 1 aliphatic carbocycles. The van der Waals surface area contributed by atoms with Gasteiger partial charge in [0.25, 0.3) is 0 Å². The molecule has 2 rings (SSSR count). The van der Waals surface area contributed by atoms with E-state index in [1.807, 2.05) is 11.8 Å². The third-order valence-corrected chi connectivity index (χ3v) is 6.91. The van der Waals surface area contributed by atoms with Gasteiger partial charge < -0.3 is 5.73 Å². The largest absolute Gasteiger partial charge is 0.329 e. The molecule has 0 aliphatic heterocycles. The van der Waals surface area contributed by atoms with Crippen molar-refractivity contribution in [2.75, 3.05) is 6.54 Å². The standard InChI is InChI=1S/C17H26BrNS/c1-3-9-16(10-4-2)11-17(12-16,13-19)20-15-8-6-5-7-14(15)18/h5-8H,3-4,9-13,19H2,1-2H3. The van der Waals surface area contributed by atoms with Crippen molar-refractivity contribution >= 4 is 27.7 Å². The molecule has 0 radical (unpaired) electrons. The molecule has 1 nitrogen and oxygen atoms in total. The molecule has 0 heterocycles. The lowest BCUT2D eigenvalue weighted by atomic mass is 9.57. The molecule has 0 aromatic heterocycles. The summed E-state index contributed by atoms with van der Waals surface area (Å²) in [4.78, 5) is 1.33. The van der Waals surface area contributed by atoms with Crippen LogP contribution in [-0.2, 0) is 0 Å². The van der Waals surface area contributed by atoms with Gasteiger partial charge in [-0.15, -0.1) is 11.8 Å². The van der Waals surface area contributed by atoms with Crippen molar-refractivity contribution in [1.29, 1.82) is 0 Å². The summed E-state index contributed by atoms with van der Waals surface area (Å²) in [6.07, 6.45) is 7.87. The van der Waals surface area contributed by atoms with Gasteiger partial charge >= 0.3 is 0 Å². The molecule has 2 N–H and O–H groups in total. The molecule has 0 bridgehead atoms. The van der Waals surface area contributed by atoms with Crippen LogP contribution in [0.3, 0.4) is 0 Å². The Hall–Kier alpha value is 0.01000. The molecule has 1 aromatic carbocycles. The minimum atomic E-state index is 0.258. The Morgan fingerprint density at radius 3 is 2.25 bits per heavy atom. The van der Waals surface area contributed by atoms with Crippen LogP contribution in [-0.4, -0.2) is 11.3 Å². The van der Waals surface area contributed by atoms with E-state index < -0.39 is 0 Å². The number of rotatable bonds is 7. The van der Waals surface area contributed by atoms with Crippen LogP contribution in [0.1, 0.15) is 52.4 Å². The maximum Gasteiger partial charge on any atom is 0.0340 e. The van der Waals surface area contributed by atoms with Gasteiger partial charge in [-0.3, -0.25) is 0 Å². The second kappa shape index (κ2) is 6.85. The van der Waals surface area contributed by atoms with Crippen LogP contribution in [0.15, 0.2) is 33.6 Å². The molecule has 1 aromatic rings. The summed E-state index contributed by atoms with van der Waals surface area (Å²) >= 11 is 5.65. The second-order valence-electron chi connectivity index (χ2n) is 6.27.